The van der Waals surface area contributed by atoms with Gasteiger partial charge in [-0.2, -0.15) is 0 Å². The molecule has 1 heterocycles. The Balaban J connectivity index is 2.05. The molecule has 1 aromatic rings. The average Bonchev–Trinajstić information content (AvgIpc) is 2.38. The highest BCUT2D eigenvalue weighted by atomic mass is 16.7. The molecule has 2 N–H and O–H groups in total. The summed E-state index contributed by atoms with van der Waals surface area (Å²) in [6.07, 6.45) is -1.13. The molecular weight excluding hydrogens is 260 g/mol. The van der Waals surface area contributed by atoms with Crippen molar-refractivity contribution in [2.24, 2.45) is 0 Å². The Morgan fingerprint density at radius 1 is 1.45 bits per heavy atom. The van der Waals surface area contributed by atoms with Crippen LogP contribution in [0.4, 0.5) is 0 Å². The third-order valence-electron chi connectivity index (χ3n) is 3.50. The van der Waals surface area contributed by atoms with Crippen molar-refractivity contribution in [1.82, 2.24) is 0 Å². The first kappa shape index (κ1) is 14.8. The molecule has 0 radical (unpaired) electrons. The number of hydrogen-bond donors (Lipinski definition) is 2. The summed E-state index contributed by atoms with van der Waals surface area (Å²) in [5, 5.41) is 18.7. The van der Waals surface area contributed by atoms with Crippen molar-refractivity contribution in [2.45, 2.75) is 51.6 Å². The normalized spacial score (nSPS) is 26.2. The van der Waals surface area contributed by atoms with E-state index in [-0.39, 0.29) is 12.8 Å². The molecule has 1 saturated heterocycles. The smallest absolute Gasteiger partial charge is 0.333 e. The fourth-order valence-electron chi connectivity index (χ4n) is 2.38. The minimum Gasteiger partial charge on any atom is -0.479 e. The fraction of sp³-hybridized carbons (Fsp3) is 0.533. The van der Waals surface area contributed by atoms with Gasteiger partial charge >= 0.3 is 5.97 Å². The first-order valence-electron chi connectivity index (χ1n) is 6.82. The van der Waals surface area contributed by atoms with Crippen molar-refractivity contribution in [3.05, 3.63) is 29.3 Å². The topological polar surface area (TPSA) is 76.0 Å². The summed E-state index contributed by atoms with van der Waals surface area (Å²) in [4.78, 5) is 10.9. The van der Waals surface area contributed by atoms with Crippen LogP contribution < -0.4 is 4.74 Å². The van der Waals surface area contributed by atoms with E-state index in [1.54, 1.807) is 0 Å². The summed E-state index contributed by atoms with van der Waals surface area (Å²) < 4.78 is 11.0. The quantitative estimate of drug-likeness (QED) is 0.880. The number of hydrogen-bond acceptors (Lipinski definition) is 4. The molecule has 0 aromatic heterocycles. The number of aliphatic carboxylic acids is 1. The Hall–Kier alpha value is -1.59. The van der Waals surface area contributed by atoms with E-state index in [1.807, 2.05) is 25.1 Å². The van der Waals surface area contributed by atoms with E-state index >= 15 is 0 Å². The molecule has 1 aliphatic heterocycles. The van der Waals surface area contributed by atoms with Crippen LogP contribution >= 0.6 is 0 Å². The predicted octanol–water partition coefficient (Wildman–Crippen LogP) is 1.89. The van der Waals surface area contributed by atoms with Gasteiger partial charge in [0.25, 0.3) is 0 Å². The number of rotatable bonds is 4. The lowest BCUT2D eigenvalue weighted by Crippen LogP contribution is -2.42. The molecule has 0 amide bonds. The van der Waals surface area contributed by atoms with Gasteiger partial charge in [0.2, 0.25) is 6.29 Å². The van der Waals surface area contributed by atoms with Gasteiger partial charge < -0.3 is 19.7 Å². The van der Waals surface area contributed by atoms with Gasteiger partial charge in [-0.05, 0) is 36.6 Å². The largest absolute Gasteiger partial charge is 0.479 e. The van der Waals surface area contributed by atoms with Crippen LogP contribution in [0, 0.1) is 6.92 Å². The van der Waals surface area contributed by atoms with E-state index in [1.165, 1.54) is 5.56 Å². The number of aliphatic hydroxyl groups excluding tert-OH is 1. The molecule has 1 fully saturated rings. The van der Waals surface area contributed by atoms with E-state index < -0.39 is 24.5 Å². The van der Waals surface area contributed by atoms with Crippen LogP contribution in [0.2, 0.25) is 0 Å². The van der Waals surface area contributed by atoms with E-state index in [0.29, 0.717) is 5.75 Å². The van der Waals surface area contributed by atoms with Crippen molar-refractivity contribution in [3.63, 3.8) is 0 Å². The minimum atomic E-state index is -1.07. The lowest BCUT2D eigenvalue weighted by atomic mass is 10.0. The zero-order chi connectivity index (χ0) is 14.7. The molecule has 3 unspecified atom stereocenters. The highest BCUT2D eigenvalue weighted by molar-refractivity contribution is 5.72. The fourth-order valence-corrected chi connectivity index (χ4v) is 2.38. The van der Waals surface area contributed by atoms with Crippen molar-refractivity contribution >= 4 is 5.97 Å². The number of benzene rings is 1. The third kappa shape index (κ3) is 3.49. The number of aliphatic hydroxyl groups is 1. The molecule has 110 valence electrons. The van der Waals surface area contributed by atoms with Gasteiger partial charge in [-0.25, -0.2) is 4.79 Å². The zero-order valence-electron chi connectivity index (χ0n) is 11.7. The number of carboxylic acid groups (broad SMARTS) is 1. The first-order valence-corrected chi connectivity index (χ1v) is 6.82. The SMILES string of the molecule is CCc1ccc(OC2CC(O)CC(C(=O)O)O2)cc1C. The van der Waals surface area contributed by atoms with Crippen molar-refractivity contribution < 1.29 is 24.5 Å². The summed E-state index contributed by atoms with van der Waals surface area (Å²) in [6, 6.07) is 5.73. The number of aryl methyl sites for hydroxylation is 2. The molecule has 0 spiro atoms. The summed E-state index contributed by atoms with van der Waals surface area (Å²) in [5.74, 6) is -0.446. The van der Waals surface area contributed by atoms with Crippen LogP contribution in [0.1, 0.15) is 30.9 Å². The van der Waals surface area contributed by atoms with Gasteiger partial charge in [-0.15, -0.1) is 0 Å². The molecule has 1 aromatic carbocycles. The van der Waals surface area contributed by atoms with Gasteiger partial charge in [0.1, 0.15) is 5.75 Å². The maximum absolute atomic E-state index is 10.9. The molecule has 5 heteroatoms. The maximum Gasteiger partial charge on any atom is 0.333 e. The van der Waals surface area contributed by atoms with E-state index in [0.717, 1.165) is 12.0 Å². The lowest BCUT2D eigenvalue weighted by Gasteiger charge is -2.31. The second kappa shape index (κ2) is 6.24. The van der Waals surface area contributed by atoms with Crippen LogP contribution in [0.5, 0.6) is 5.75 Å². The molecule has 0 saturated carbocycles. The average molecular weight is 280 g/mol. The van der Waals surface area contributed by atoms with Crippen LogP contribution in [0.3, 0.4) is 0 Å². The van der Waals surface area contributed by atoms with Gasteiger partial charge in [0.05, 0.1) is 6.10 Å². The second-order valence-electron chi connectivity index (χ2n) is 5.08. The van der Waals surface area contributed by atoms with Gasteiger partial charge in [-0.1, -0.05) is 13.0 Å². The summed E-state index contributed by atoms with van der Waals surface area (Å²) in [5.41, 5.74) is 2.36. The minimum absolute atomic E-state index is 0.100. The van der Waals surface area contributed by atoms with Crippen LogP contribution in [0.25, 0.3) is 0 Å². The van der Waals surface area contributed by atoms with E-state index in [4.69, 9.17) is 14.6 Å². The standard InChI is InChI=1S/C15H20O5/c1-3-10-4-5-12(6-9(10)2)19-14-8-11(16)7-13(20-14)15(17)18/h4-6,11,13-14,16H,3,7-8H2,1-2H3,(H,17,18). The van der Waals surface area contributed by atoms with Gasteiger partial charge in [0, 0.05) is 12.8 Å². The monoisotopic (exact) mass is 280 g/mol. The molecule has 20 heavy (non-hydrogen) atoms. The van der Waals surface area contributed by atoms with Gasteiger partial charge in [0.15, 0.2) is 6.10 Å². The molecule has 0 bridgehead atoms. The van der Waals surface area contributed by atoms with E-state index in [9.17, 15) is 9.90 Å². The molecule has 3 atom stereocenters. The Morgan fingerprint density at radius 3 is 2.80 bits per heavy atom. The molecule has 5 nitrogen and oxygen atoms in total. The highest BCUT2D eigenvalue weighted by Gasteiger charge is 2.33. The Labute approximate surface area is 118 Å². The second-order valence-corrected chi connectivity index (χ2v) is 5.08. The maximum atomic E-state index is 10.9. The van der Waals surface area contributed by atoms with Crippen LogP contribution in [-0.4, -0.2) is 34.7 Å². The summed E-state index contributed by atoms with van der Waals surface area (Å²) >= 11 is 0. The van der Waals surface area contributed by atoms with Crippen LogP contribution in [-0.2, 0) is 16.0 Å². The molecule has 2 rings (SSSR count). The molecular formula is C15H20O5. The lowest BCUT2D eigenvalue weighted by molar-refractivity contribution is -0.195. The number of carbonyl (C=O) groups is 1. The van der Waals surface area contributed by atoms with Gasteiger partial charge in [-0.3, -0.25) is 0 Å². The van der Waals surface area contributed by atoms with Crippen molar-refractivity contribution in [3.8, 4) is 5.75 Å². The summed E-state index contributed by atoms with van der Waals surface area (Å²) in [6.45, 7) is 4.09. The van der Waals surface area contributed by atoms with Crippen LogP contribution in [0.15, 0.2) is 18.2 Å². The zero-order valence-corrected chi connectivity index (χ0v) is 11.7. The number of carboxylic acids is 1. The summed E-state index contributed by atoms with van der Waals surface area (Å²) in [7, 11) is 0. The number of ether oxygens (including phenoxy) is 2. The van der Waals surface area contributed by atoms with E-state index in [2.05, 4.69) is 6.92 Å². The predicted molar refractivity (Wildman–Crippen MR) is 72.7 cm³/mol. The highest BCUT2D eigenvalue weighted by Crippen LogP contribution is 2.25. The van der Waals surface area contributed by atoms with Crippen molar-refractivity contribution in [1.29, 1.82) is 0 Å². The Bertz CT molecular complexity index is 485. The molecule has 0 aliphatic carbocycles. The third-order valence-corrected chi connectivity index (χ3v) is 3.50. The van der Waals surface area contributed by atoms with Crippen molar-refractivity contribution in [2.75, 3.05) is 0 Å². The Kier molecular flexibility index (Phi) is 4.62. The first-order chi connectivity index (χ1) is 9.49. The molecule has 1 aliphatic rings. The Morgan fingerprint density at radius 2 is 2.20 bits per heavy atom.